The minimum atomic E-state index is 0.511. The van der Waals surface area contributed by atoms with Crippen LogP contribution in [0.3, 0.4) is 0 Å². The van der Waals surface area contributed by atoms with Gasteiger partial charge in [0.05, 0.1) is 13.2 Å². The maximum atomic E-state index is 5.48. The Bertz CT molecular complexity index is 514. The predicted molar refractivity (Wildman–Crippen MR) is 100 cm³/mol. The van der Waals surface area contributed by atoms with Crippen LogP contribution in [0.1, 0.15) is 32.6 Å². The van der Waals surface area contributed by atoms with Crippen LogP contribution in [0.5, 0.6) is 0 Å². The molecule has 5 heteroatoms. The Morgan fingerprint density at radius 1 is 1.13 bits per heavy atom. The highest BCUT2D eigenvalue weighted by atomic mass is 32.1. The van der Waals surface area contributed by atoms with Gasteiger partial charge in [0.25, 0.3) is 0 Å². The first-order chi connectivity index (χ1) is 11.2. The molecule has 0 radical (unpaired) electrons. The molecule has 1 saturated heterocycles. The van der Waals surface area contributed by atoms with E-state index in [1.165, 1.54) is 31.4 Å². The number of ether oxygens (including phenoxy) is 1. The highest BCUT2D eigenvalue weighted by molar-refractivity contribution is 7.80. The molecule has 23 heavy (non-hydrogen) atoms. The van der Waals surface area contributed by atoms with Gasteiger partial charge >= 0.3 is 0 Å². The maximum Gasteiger partial charge on any atom is 0.171 e. The monoisotopic (exact) mass is 333 g/mol. The van der Waals surface area contributed by atoms with Gasteiger partial charge in [0.2, 0.25) is 0 Å². The third-order valence-electron chi connectivity index (χ3n) is 4.93. The number of rotatable bonds is 3. The Balaban J connectivity index is 1.52. The van der Waals surface area contributed by atoms with Crippen molar-refractivity contribution in [2.45, 2.75) is 38.6 Å². The maximum absolute atomic E-state index is 5.48. The van der Waals surface area contributed by atoms with Gasteiger partial charge in [-0.3, -0.25) is 0 Å². The van der Waals surface area contributed by atoms with Gasteiger partial charge < -0.3 is 20.3 Å². The molecule has 2 fully saturated rings. The zero-order valence-electron chi connectivity index (χ0n) is 13.9. The molecule has 1 heterocycles. The quantitative estimate of drug-likeness (QED) is 0.829. The fourth-order valence-electron chi connectivity index (χ4n) is 3.44. The summed E-state index contributed by atoms with van der Waals surface area (Å²) in [6.45, 7) is 5.87. The van der Waals surface area contributed by atoms with E-state index in [0.717, 1.165) is 37.1 Å². The number of benzene rings is 1. The van der Waals surface area contributed by atoms with Crippen molar-refractivity contribution in [2.75, 3.05) is 36.5 Å². The number of nitrogens with one attached hydrogen (secondary N) is 2. The molecule has 3 rings (SSSR count). The van der Waals surface area contributed by atoms with E-state index < -0.39 is 0 Å². The van der Waals surface area contributed by atoms with Crippen molar-refractivity contribution in [1.29, 1.82) is 0 Å². The number of anilines is 2. The van der Waals surface area contributed by atoms with Crippen LogP contribution in [0.4, 0.5) is 11.4 Å². The summed E-state index contributed by atoms with van der Waals surface area (Å²) in [6, 6.07) is 9.02. The lowest BCUT2D eigenvalue weighted by molar-refractivity contribution is 0.122. The van der Waals surface area contributed by atoms with Crippen molar-refractivity contribution in [3.8, 4) is 0 Å². The normalized spacial score (nSPS) is 25.0. The Morgan fingerprint density at radius 2 is 1.83 bits per heavy atom. The van der Waals surface area contributed by atoms with Gasteiger partial charge in [0, 0.05) is 30.5 Å². The summed E-state index contributed by atoms with van der Waals surface area (Å²) in [5, 5.41) is 7.54. The smallest absolute Gasteiger partial charge is 0.171 e. The Kier molecular flexibility index (Phi) is 5.73. The van der Waals surface area contributed by atoms with Gasteiger partial charge in [-0.1, -0.05) is 19.8 Å². The summed E-state index contributed by atoms with van der Waals surface area (Å²) in [6.07, 6.45) is 5.18. The molecule has 1 aromatic rings. The summed E-state index contributed by atoms with van der Waals surface area (Å²) in [5.74, 6) is 0.701. The minimum Gasteiger partial charge on any atom is -0.378 e. The molecule has 0 spiro atoms. The summed E-state index contributed by atoms with van der Waals surface area (Å²) in [7, 11) is 0. The van der Waals surface area contributed by atoms with Gasteiger partial charge in [-0.15, -0.1) is 0 Å². The third kappa shape index (κ3) is 4.58. The highest BCUT2D eigenvalue weighted by Gasteiger charge is 2.21. The highest BCUT2D eigenvalue weighted by Crippen LogP contribution is 2.24. The lowest BCUT2D eigenvalue weighted by Gasteiger charge is -2.30. The third-order valence-corrected chi connectivity index (χ3v) is 5.15. The summed E-state index contributed by atoms with van der Waals surface area (Å²) in [4.78, 5) is 2.35. The zero-order valence-corrected chi connectivity index (χ0v) is 14.7. The topological polar surface area (TPSA) is 36.5 Å². The first-order valence-electron chi connectivity index (χ1n) is 8.72. The van der Waals surface area contributed by atoms with Crippen LogP contribution < -0.4 is 15.5 Å². The molecule has 1 aromatic carbocycles. The number of thiocarbonyl (C=S) groups is 1. The number of nitrogens with zero attached hydrogens (tertiary/aromatic N) is 1. The molecular formula is C18H27N3OS. The van der Waals surface area contributed by atoms with Crippen LogP contribution in [0.15, 0.2) is 24.3 Å². The number of hydrogen-bond donors (Lipinski definition) is 2. The van der Waals surface area contributed by atoms with E-state index in [-0.39, 0.29) is 0 Å². The van der Waals surface area contributed by atoms with Gasteiger partial charge in [-0.2, -0.15) is 0 Å². The minimum absolute atomic E-state index is 0.511. The van der Waals surface area contributed by atoms with E-state index in [2.05, 4.69) is 46.7 Å². The van der Waals surface area contributed by atoms with E-state index in [9.17, 15) is 0 Å². The molecule has 2 aliphatic rings. The Labute approximate surface area is 144 Å². The molecule has 0 amide bonds. The lowest BCUT2D eigenvalue weighted by atomic mass is 9.86. The summed E-state index contributed by atoms with van der Waals surface area (Å²) < 4.78 is 5.40. The van der Waals surface area contributed by atoms with Crippen LogP contribution in [0, 0.1) is 5.92 Å². The van der Waals surface area contributed by atoms with Crippen LogP contribution >= 0.6 is 12.2 Å². The molecule has 1 saturated carbocycles. The molecule has 4 nitrogen and oxygen atoms in total. The molecule has 2 N–H and O–H groups in total. The van der Waals surface area contributed by atoms with Gasteiger partial charge in [0.1, 0.15) is 0 Å². The van der Waals surface area contributed by atoms with E-state index in [4.69, 9.17) is 17.0 Å². The molecule has 2 atom stereocenters. The lowest BCUT2D eigenvalue weighted by Crippen LogP contribution is -2.43. The van der Waals surface area contributed by atoms with Crippen molar-refractivity contribution in [3.05, 3.63) is 24.3 Å². The second-order valence-electron chi connectivity index (χ2n) is 6.61. The second kappa shape index (κ2) is 7.97. The average Bonchev–Trinajstić information content (AvgIpc) is 2.58. The predicted octanol–water partition coefficient (Wildman–Crippen LogP) is 3.39. The Morgan fingerprint density at radius 3 is 2.52 bits per heavy atom. The SMILES string of the molecule is C[C@H]1CCCC[C@H]1NC(=S)Nc1ccc(N2CCOCC2)cc1. The number of morpholine rings is 1. The summed E-state index contributed by atoms with van der Waals surface area (Å²) >= 11 is 5.48. The first kappa shape index (κ1) is 16.5. The molecular weight excluding hydrogens is 306 g/mol. The van der Waals surface area contributed by atoms with Crippen LogP contribution in [-0.4, -0.2) is 37.5 Å². The molecule has 0 unspecified atom stereocenters. The molecule has 1 aliphatic carbocycles. The van der Waals surface area contributed by atoms with Crippen molar-refractivity contribution in [2.24, 2.45) is 5.92 Å². The zero-order chi connectivity index (χ0) is 16.1. The summed E-state index contributed by atoms with van der Waals surface area (Å²) in [5.41, 5.74) is 2.29. The van der Waals surface area contributed by atoms with E-state index in [1.807, 2.05) is 0 Å². The second-order valence-corrected chi connectivity index (χ2v) is 7.02. The van der Waals surface area contributed by atoms with Crippen molar-refractivity contribution >= 4 is 28.7 Å². The fraction of sp³-hybridized carbons (Fsp3) is 0.611. The van der Waals surface area contributed by atoms with E-state index >= 15 is 0 Å². The van der Waals surface area contributed by atoms with Crippen molar-refractivity contribution in [1.82, 2.24) is 5.32 Å². The first-order valence-corrected chi connectivity index (χ1v) is 9.13. The molecule has 0 bridgehead atoms. The van der Waals surface area contributed by atoms with Crippen LogP contribution in [0.25, 0.3) is 0 Å². The largest absolute Gasteiger partial charge is 0.378 e. The average molecular weight is 334 g/mol. The van der Waals surface area contributed by atoms with E-state index in [0.29, 0.717) is 12.0 Å². The molecule has 0 aromatic heterocycles. The van der Waals surface area contributed by atoms with Gasteiger partial charge in [-0.25, -0.2) is 0 Å². The molecule has 1 aliphatic heterocycles. The van der Waals surface area contributed by atoms with Crippen LogP contribution in [-0.2, 0) is 4.74 Å². The van der Waals surface area contributed by atoms with Crippen molar-refractivity contribution in [3.63, 3.8) is 0 Å². The Hall–Kier alpha value is -1.33. The number of hydrogen-bond acceptors (Lipinski definition) is 3. The van der Waals surface area contributed by atoms with E-state index in [1.54, 1.807) is 0 Å². The standard InChI is InChI=1S/C18H27N3OS/c1-14-4-2-3-5-17(14)20-18(23)19-15-6-8-16(9-7-15)21-10-12-22-13-11-21/h6-9,14,17H,2-5,10-13H2,1H3,(H2,19,20,23)/t14-,17+/m0/s1. The van der Waals surface area contributed by atoms with Crippen LogP contribution in [0.2, 0.25) is 0 Å². The van der Waals surface area contributed by atoms with Crippen molar-refractivity contribution < 1.29 is 4.74 Å². The van der Waals surface area contributed by atoms with Gasteiger partial charge in [-0.05, 0) is 55.2 Å². The fourth-order valence-corrected chi connectivity index (χ4v) is 3.71. The van der Waals surface area contributed by atoms with Gasteiger partial charge in [0.15, 0.2) is 5.11 Å². The molecule has 126 valence electrons.